The molecule has 0 fully saturated rings. The van der Waals surface area contributed by atoms with Gasteiger partial charge in [0.05, 0.1) is 0 Å². The summed E-state index contributed by atoms with van der Waals surface area (Å²) in [5.41, 5.74) is 2.80. The van der Waals surface area contributed by atoms with Crippen molar-refractivity contribution in [1.82, 2.24) is 0 Å². The van der Waals surface area contributed by atoms with Gasteiger partial charge in [-0.15, -0.1) is 0 Å². The van der Waals surface area contributed by atoms with Crippen LogP contribution >= 0.6 is 0 Å². The van der Waals surface area contributed by atoms with Crippen molar-refractivity contribution in [3.05, 3.63) is 47.1 Å². The minimum absolute atomic E-state index is 0.337. The van der Waals surface area contributed by atoms with Gasteiger partial charge in [-0.3, -0.25) is 0 Å². The summed E-state index contributed by atoms with van der Waals surface area (Å²) in [6.07, 6.45) is 11.7. The standard InChI is InChI=1S/C15H18O/c1-4-7-12-10-13(8-5-2)15(16)14(11-12)9-6-3/h4-11,16H,1-3H3. The quantitative estimate of drug-likeness (QED) is 0.785. The van der Waals surface area contributed by atoms with Crippen LogP contribution in [-0.4, -0.2) is 5.11 Å². The highest BCUT2D eigenvalue weighted by Crippen LogP contribution is 2.27. The summed E-state index contributed by atoms with van der Waals surface area (Å²) in [5.74, 6) is 0.337. The lowest BCUT2D eigenvalue weighted by Crippen LogP contribution is -1.84. The van der Waals surface area contributed by atoms with Crippen LogP contribution in [0.4, 0.5) is 0 Å². The Morgan fingerprint density at radius 2 is 1.25 bits per heavy atom. The molecule has 0 saturated carbocycles. The number of allylic oxidation sites excluding steroid dienone is 3. The number of phenolic OH excluding ortho intramolecular Hbond substituents is 1. The van der Waals surface area contributed by atoms with E-state index in [-0.39, 0.29) is 0 Å². The van der Waals surface area contributed by atoms with Gasteiger partial charge in [-0.25, -0.2) is 0 Å². The molecule has 1 N–H and O–H groups in total. The first-order chi connectivity index (χ1) is 7.72. The molecule has 0 heterocycles. The monoisotopic (exact) mass is 214 g/mol. The van der Waals surface area contributed by atoms with Crippen molar-refractivity contribution in [3.8, 4) is 5.75 Å². The van der Waals surface area contributed by atoms with Crippen molar-refractivity contribution in [2.45, 2.75) is 20.8 Å². The van der Waals surface area contributed by atoms with Crippen molar-refractivity contribution in [3.63, 3.8) is 0 Å². The van der Waals surface area contributed by atoms with Crippen LogP contribution in [0.2, 0.25) is 0 Å². The molecule has 0 aliphatic carbocycles. The maximum Gasteiger partial charge on any atom is 0.130 e. The average Bonchev–Trinajstić information content (AvgIpc) is 2.26. The van der Waals surface area contributed by atoms with Gasteiger partial charge < -0.3 is 5.11 Å². The molecule has 1 heteroatoms. The van der Waals surface area contributed by atoms with E-state index in [2.05, 4.69) is 0 Å². The third kappa shape index (κ3) is 2.86. The van der Waals surface area contributed by atoms with E-state index in [1.165, 1.54) is 0 Å². The van der Waals surface area contributed by atoms with Crippen LogP contribution < -0.4 is 0 Å². The van der Waals surface area contributed by atoms with Crippen molar-refractivity contribution < 1.29 is 5.11 Å². The minimum Gasteiger partial charge on any atom is -0.507 e. The zero-order valence-electron chi connectivity index (χ0n) is 10.1. The number of aromatic hydroxyl groups is 1. The highest BCUT2D eigenvalue weighted by Gasteiger charge is 2.04. The predicted molar refractivity (Wildman–Crippen MR) is 72.2 cm³/mol. The summed E-state index contributed by atoms with van der Waals surface area (Å²) in [4.78, 5) is 0. The normalized spacial score (nSPS) is 12.2. The highest BCUT2D eigenvalue weighted by atomic mass is 16.3. The Morgan fingerprint density at radius 3 is 1.62 bits per heavy atom. The second-order valence-electron chi connectivity index (χ2n) is 3.55. The van der Waals surface area contributed by atoms with Crippen molar-refractivity contribution in [1.29, 1.82) is 0 Å². The van der Waals surface area contributed by atoms with Gasteiger partial charge in [0, 0.05) is 11.1 Å². The lowest BCUT2D eigenvalue weighted by molar-refractivity contribution is 0.472. The Hall–Kier alpha value is -1.76. The van der Waals surface area contributed by atoms with E-state index in [0.29, 0.717) is 5.75 Å². The van der Waals surface area contributed by atoms with Crippen LogP contribution in [0.15, 0.2) is 30.4 Å². The van der Waals surface area contributed by atoms with Crippen LogP contribution in [0.3, 0.4) is 0 Å². The van der Waals surface area contributed by atoms with Gasteiger partial charge in [0.2, 0.25) is 0 Å². The zero-order valence-corrected chi connectivity index (χ0v) is 10.1. The Labute approximate surface area is 97.4 Å². The molecular formula is C15H18O. The summed E-state index contributed by atoms with van der Waals surface area (Å²) < 4.78 is 0. The SMILES string of the molecule is CC=Cc1cc(C=CC)c(O)c(C=CC)c1. The van der Waals surface area contributed by atoms with Gasteiger partial charge in [-0.2, -0.15) is 0 Å². The first-order valence-corrected chi connectivity index (χ1v) is 5.48. The molecule has 0 amide bonds. The van der Waals surface area contributed by atoms with Gasteiger partial charge in [0.1, 0.15) is 5.75 Å². The molecule has 0 bridgehead atoms. The van der Waals surface area contributed by atoms with Gasteiger partial charge in [-0.1, -0.05) is 36.5 Å². The van der Waals surface area contributed by atoms with Crippen LogP contribution in [0, 0.1) is 0 Å². The number of rotatable bonds is 3. The Balaban J connectivity index is 3.37. The molecule has 0 aliphatic heterocycles. The van der Waals surface area contributed by atoms with Gasteiger partial charge >= 0.3 is 0 Å². The van der Waals surface area contributed by atoms with Crippen LogP contribution in [0.25, 0.3) is 18.2 Å². The van der Waals surface area contributed by atoms with Gasteiger partial charge in [0.25, 0.3) is 0 Å². The Kier molecular flexibility index (Phi) is 4.59. The van der Waals surface area contributed by atoms with Crippen LogP contribution in [0.5, 0.6) is 5.75 Å². The molecule has 16 heavy (non-hydrogen) atoms. The molecule has 1 rings (SSSR count). The van der Waals surface area contributed by atoms with Crippen LogP contribution in [-0.2, 0) is 0 Å². The molecule has 84 valence electrons. The Bertz CT molecular complexity index is 404. The number of phenols is 1. The summed E-state index contributed by atoms with van der Waals surface area (Å²) in [6.45, 7) is 5.87. The zero-order chi connectivity index (χ0) is 12.0. The molecule has 0 atom stereocenters. The topological polar surface area (TPSA) is 20.2 Å². The maximum atomic E-state index is 10.0. The third-order valence-corrected chi connectivity index (χ3v) is 2.24. The van der Waals surface area contributed by atoms with Crippen molar-refractivity contribution in [2.24, 2.45) is 0 Å². The molecule has 1 aromatic rings. The van der Waals surface area contributed by atoms with E-state index in [1.807, 2.05) is 69.4 Å². The lowest BCUT2D eigenvalue weighted by Gasteiger charge is -2.06. The van der Waals surface area contributed by atoms with E-state index in [1.54, 1.807) is 0 Å². The summed E-state index contributed by atoms with van der Waals surface area (Å²) in [7, 11) is 0. The second kappa shape index (κ2) is 5.96. The van der Waals surface area contributed by atoms with Gasteiger partial charge in [0.15, 0.2) is 0 Å². The molecular weight excluding hydrogens is 196 g/mol. The average molecular weight is 214 g/mol. The molecule has 0 aliphatic rings. The first-order valence-electron chi connectivity index (χ1n) is 5.48. The van der Waals surface area contributed by atoms with E-state index < -0.39 is 0 Å². The smallest absolute Gasteiger partial charge is 0.130 e. The molecule has 0 unspecified atom stereocenters. The fourth-order valence-electron chi connectivity index (χ4n) is 1.61. The Morgan fingerprint density at radius 1 is 0.812 bits per heavy atom. The number of hydrogen-bond acceptors (Lipinski definition) is 1. The van der Waals surface area contributed by atoms with E-state index in [0.717, 1.165) is 16.7 Å². The minimum atomic E-state index is 0.337. The molecule has 1 aromatic carbocycles. The van der Waals surface area contributed by atoms with Crippen molar-refractivity contribution >= 4 is 18.2 Å². The molecule has 0 saturated heterocycles. The van der Waals surface area contributed by atoms with E-state index >= 15 is 0 Å². The second-order valence-corrected chi connectivity index (χ2v) is 3.55. The summed E-state index contributed by atoms with van der Waals surface area (Å²) >= 11 is 0. The maximum absolute atomic E-state index is 10.0. The number of benzene rings is 1. The highest BCUT2D eigenvalue weighted by molar-refractivity contribution is 5.71. The van der Waals surface area contributed by atoms with E-state index in [4.69, 9.17) is 0 Å². The number of hydrogen-bond donors (Lipinski definition) is 1. The van der Waals surface area contributed by atoms with E-state index in [9.17, 15) is 5.11 Å². The predicted octanol–water partition coefficient (Wildman–Crippen LogP) is 4.49. The third-order valence-electron chi connectivity index (χ3n) is 2.24. The molecule has 0 radical (unpaired) electrons. The van der Waals surface area contributed by atoms with Gasteiger partial charge in [-0.05, 0) is 38.5 Å². The molecule has 0 aromatic heterocycles. The molecule has 0 spiro atoms. The lowest BCUT2D eigenvalue weighted by atomic mass is 10.0. The fraction of sp³-hybridized carbons (Fsp3) is 0.200. The summed E-state index contributed by atoms with van der Waals surface area (Å²) in [6, 6.07) is 3.95. The first kappa shape index (κ1) is 12.3. The largest absolute Gasteiger partial charge is 0.507 e. The summed E-state index contributed by atoms with van der Waals surface area (Å²) in [5, 5.41) is 10.0. The van der Waals surface area contributed by atoms with Crippen LogP contribution in [0.1, 0.15) is 37.5 Å². The fourth-order valence-corrected chi connectivity index (χ4v) is 1.61. The molecule has 1 nitrogen and oxygen atoms in total. The van der Waals surface area contributed by atoms with Crippen molar-refractivity contribution in [2.75, 3.05) is 0 Å².